The van der Waals surface area contributed by atoms with Crippen LogP contribution in [0.25, 0.3) is 0 Å². The second-order valence-corrected chi connectivity index (χ2v) is 8.73. The average Bonchev–Trinajstić information content (AvgIpc) is 2.38. The van der Waals surface area contributed by atoms with Crippen molar-refractivity contribution in [3.63, 3.8) is 0 Å². The maximum absolute atomic E-state index is 7.70. The molecule has 0 aromatic rings. The zero-order valence-electron chi connectivity index (χ0n) is 14.6. The van der Waals surface area contributed by atoms with Gasteiger partial charge in [-0.25, -0.2) is 0 Å². The van der Waals surface area contributed by atoms with Crippen LogP contribution < -0.4 is 11.1 Å². The van der Waals surface area contributed by atoms with Crippen LogP contribution in [0.4, 0.5) is 0 Å². The Bertz CT molecular complexity index is 322. The van der Waals surface area contributed by atoms with E-state index < -0.39 is 14.0 Å². The molecule has 0 spiro atoms. The minimum absolute atomic E-state index is 0.102. The maximum atomic E-state index is 7.70. The highest BCUT2D eigenvalue weighted by Gasteiger charge is 2.65. The fourth-order valence-corrected chi connectivity index (χ4v) is 5.96. The average molecular weight is 320 g/mol. The monoisotopic (exact) mass is 319 g/mol. The smallest absolute Gasteiger partial charge is 0.372 e. The zero-order valence-corrected chi connectivity index (χ0v) is 15.6. The molecule has 0 aromatic carbocycles. The van der Waals surface area contributed by atoms with Crippen molar-refractivity contribution < 1.29 is 13.3 Å². The molecule has 0 heterocycles. The molecule has 0 bridgehead atoms. The van der Waals surface area contributed by atoms with Crippen molar-refractivity contribution in [2.75, 3.05) is 19.8 Å². The Morgan fingerprint density at radius 1 is 1.00 bits per heavy atom. The fourth-order valence-electron chi connectivity index (χ4n) is 2.41. The highest BCUT2D eigenvalue weighted by atomic mass is 28.4. The third-order valence-electron chi connectivity index (χ3n) is 4.24. The first-order chi connectivity index (χ1) is 9.66. The molecule has 7 heteroatoms. The van der Waals surface area contributed by atoms with Gasteiger partial charge in [0.2, 0.25) is 0 Å². The largest absolute Gasteiger partial charge is 0.528 e. The van der Waals surface area contributed by atoms with Crippen molar-refractivity contribution in [1.29, 1.82) is 5.41 Å². The molecule has 0 rings (SSSR count). The number of rotatable bonds is 10. The van der Waals surface area contributed by atoms with Crippen LogP contribution in [0.5, 0.6) is 0 Å². The van der Waals surface area contributed by atoms with E-state index in [1.54, 1.807) is 0 Å². The molecule has 0 fully saturated rings. The Labute approximate surface area is 130 Å². The van der Waals surface area contributed by atoms with Crippen molar-refractivity contribution >= 4 is 14.8 Å². The van der Waals surface area contributed by atoms with Gasteiger partial charge >= 0.3 is 8.80 Å². The number of guanidine groups is 1. The summed E-state index contributed by atoms with van der Waals surface area (Å²) < 4.78 is 18.1. The highest BCUT2D eigenvalue weighted by molar-refractivity contribution is 6.65. The molecule has 1 atom stereocenters. The summed E-state index contributed by atoms with van der Waals surface area (Å²) in [6.45, 7) is 15.5. The lowest BCUT2D eigenvalue weighted by Crippen LogP contribution is -2.77. The quantitative estimate of drug-likeness (QED) is 0.326. The summed E-state index contributed by atoms with van der Waals surface area (Å²) in [6.07, 6.45) is 0.867. The summed E-state index contributed by atoms with van der Waals surface area (Å²) in [7, 11) is -3.10. The molecule has 126 valence electrons. The van der Waals surface area contributed by atoms with Gasteiger partial charge in [0.25, 0.3) is 0 Å². The van der Waals surface area contributed by atoms with Gasteiger partial charge in [0.15, 0.2) is 5.96 Å². The minimum Gasteiger partial charge on any atom is -0.372 e. The third kappa shape index (κ3) is 4.18. The van der Waals surface area contributed by atoms with Gasteiger partial charge in [0, 0.05) is 19.8 Å². The van der Waals surface area contributed by atoms with E-state index in [0.717, 1.165) is 6.42 Å². The van der Waals surface area contributed by atoms with Gasteiger partial charge in [-0.2, -0.15) is 0 Å². The molecular weight excluding hydrogens is 286 g/mol. The summed E-state index contributed by atoms with van der Waals surface area (Å²) in [5, 5.41) is 10.1. The van der Waals surface area contributed by atoms with E-state index in [2.05, 4.69) is 26.1 Å². The summed E-state index contributed by atoms with van der Waals surface area (Å²) in [5.41, 5.74) is 5.41. The van der Waals surface area contributed by atoms with Crippen LogP contribution in [0.1, 0.15) is 54.9 Å². The molecule has 0 amide bonds. The molecule has 0 saturated carbocycles. The van der Waals surface area contributed by atoms with Crippen LogP contribution in [0.2, 0.25) is 0 Å². The molecule has 0 saturated heterocycles. The standard InChI is InChI=1S/C14H33N3O3Si/c1-8-13(5,6)14(7,17-12(15)16)21(18-9-2,19-10-3)20-11-4/h8-11H2,1-7H3,(H4,15,16,17). The normalized spacial score (nSPS) is 15.6. The lowest BCUT2D eigenvalue weighted by Gasteiger charge is -2.51. The number of nitrogens with one attached hydrogen (secondary N) is 2. The van der Waals surface area contributed by atoms with E-state index in [0.29, 0.717) is 19.8 Å². The molecule has 0 aliphatic rings. The topological polar surface area (TPSA) is 89.6 Å². The Kier molecular flexibility index (Phi) is 7.87. The Balaban J connectivity index is 6.03. The molecule has 0 radical (unpaired) electrons. The van der Waals surface area contributed by atoms with Gasteiger partial charge in [-0.1, -0.05) is 20.8 Å². The third-order valence-corrected chi connectivity index (χ3v) is 8.27. The van der Waals surface area contributed by atoms with Crippen LogP contribution >= 0.6 is 0 Å². The van der Waals surface area contributed by atoms with Gasteiger partial charge < -0.3 is 24.3 Å². The van der Waals surface area contributed by atoms with Crippen molar-refractivity contribution in [3.05, 3.63) is 0 Å². The van der Waals surface area contributed by atoms with Gasteiger partial charge in [-0.05, 0) is 39.5 Å². The fraction of sp³-hybridized carbons (Fsp3) is 0.929. The molecule has 0 aromatic heterocycles. The molecular formula is C14H33N3O3Si. The second-order valence-electron chi connectivity index (χ2n) is 5.76. The number of nitrogens with two attached hydrogens (primary N) is 1. The second kappa shape index (κ2) is 8.12. The van der Waals surface area contributed by atoms with Gasteiger partial charge in [0.1, 0.15) is 5.16 Å². The van der Waals surface area contributed by atoms with Crippen molar-refractivity contribution in [2.45, 2.75) is 60.0 Å². The molecule has 4 N–H and O–H groups in total. The molecule has 21 heavy (non-hydrogen) atoms. The van der Waals surface area contributed by atoms with Crippen LogP contribution in [0, 0.1) is 10.8 Å². The minimum atomic E-state index is -3.10. The van der Waals surface area contributed by atoms with Crippen LogP contribution in [-0.2, 0) is 13.3 Å². The first kappa shape index (κ1) is 20.4. The predicted molar refractivity (Wildman–Crippen MR) is 88.2 cm³/mol. The van der Waals surface area contributed by atoms with Crippen molar-refractivity contribution in [2.24, 2.45) is 11.1 Å². The summed E-state index contributed by atoms with van der Waals surface area (Å²) >= 11 is 0. The van der Waals surface area contributed by atoms with Gasteiger partial charge in [0.05, 0.1) is 0 Å². The van der Waals surface area contributed by atoms with E-state index in [1.165, 1.54) is 0 Å². The Morgan fingerprint density at radius 3 is 1.62 bits per heavy atom. The van der Waals surface area contributed by atoms with Gasteiger partial charge in [-0.3, -0.25) is 5.41 Å². The predicted octanol–water partition coefficient (Wildman–Crippen LogP) is 2.25. The first-order valence-corrected chi connectivity index (χ1v) is 9.42. The van der Waals surface area contributed by atoms with Crippen molar-refractivity contribution in [1.82, 2.24) is 5.32 Å². The van der Waals surface area contributed by atoms with Crippen molar-refractivity contribution in [3.8, 4) is 0 Å². The van der Waals surface area contributed by atoms with E-state index in [9.17, 15) is 0 Å². The molecule has 6 nitrogen and oxygen atoms in total. The zero-order chi connectivity index (χ0) is 16.7. The number of hydrogen-bond donors (Lipinski definition) is 3. The van der Waals surface area contributed by atoms with E-state index in [1.807, 2.05) is 27.7 Å². The van der Waals surface area contributed by atoms with E-state index in [-0.39, 0.29) is 11.4 Å². The molecule has 0 aliphatic heterocycles. The summed E-state index contributed by atoms with van der Waals surface area (Å²) in [4.78, 5) is 0. The Hall–Kier alpha value is -0.633. The molecule has 0 aliphatic carbocycles. The summed E-state index contributed by atoms with van der Waals surface area (Å²) in [5.74, 6) is -0.102. The van der Waals surface area contributed by atoms with E-state index in [4.69, 9.17) is 24.4 Å². The van der Waals surface area contributed by atoms with Crippen LogP contribution in [0.15, 0.2) is 0 Å². The lowest BCUT2D eigenvalue weighted by molar-refractivity contribution is 0.0142. The van der Waals surface area contributed by atoms with Crippen LogP contribution in [0.3, 0.4) is 0 Å². The summed E-state index contributed by atoms with van der Waals surface area (Å²) in [6, 6.07) is 0. The molecule has 1 unspecified atom stereocenters. The Morgan fingerprint density at radius 2 is 1.38 bits per heavy atom. The SMILES string of the molecule is CCO[Si](OCC)(OCC)C(C)(NC(=N)N)C(C)(C)CC. The van der Waals surface area contributed by atoms with Crippen LogP contribution in [-0.4, -0.2) is 39.7 Å². The van der Waals surface area contributed by atoms with Gasteiger partial charge in [-0.15, -0.1) is 0 Å². The first-order valence-electron chi connectivity index (χ1n) is 7.70. The maximum Gasteiger partial charge on any atom is 0.528 e. The highest BCUT2D eigenvalue weighted by Crippen LogP contribution is 2.42. The van der Waals surface area contributed by atoms with E-state index >= 15 is 0 Å². The number of hydrogen-bond acceptors (Lipinski definition) is 4. The lowest BCUT2D eigenvalue weighted by atomic mass is 9.82.